The van der Waals surface area contributed by atoms with Crippen molar-refractivity contribution in [2.45, 2.75) is 32.7 Å². The number of likely N-dealkylation sites (tertiary alicyclic amines) is 1. The lowest BCUT2D eigenvalue weighted by Crippen LogP contribution is -2.41. The van der Waals surface area contributed by atoms with Crippen molar-refractivity contribution in [1.29, 1.82) is 0 Å². The number of nitrogens with two attached hydrogens (primary N) is 1. The number of hydrogen-bond donors (Lipinski definition) is 1. The number of rotatable bonds is 5. The fourth-order valence-electron chi connectivity index (χ4n) is 3.43. The molecule has 1 aliphatic rings. The van der Waals surface area contributed by atoms with Gasteiger partial charge in [-0.3, -0.25) is 4.90 Å². The Balaban J connectivity index is 2.00. The minimum Gasteiger partial charge on any atom is -0.329 e. The molecular formula is C18H31N3. The molecule has 0 amide bonds. The molecule has 0 bridgehead atoms. The van der Waals surface area contributed by atoms with Gasteiger partial charge in [-0.1, -0.05) is 18.2 Å². The minimum atomic E-state index is 0.379. The van der Waals surface area contributed by atoms with Crippen molar-refractivity contribution in [3.05, 3.63) is 34.9 Å². The smallest absolute Gasteiger partial charge is 0.0470 e. The molecule has 0 radical (unpaired) electrons. The molecule has 1 aromatic rings. The minimum absolute atomic E-state index is 0.379. The second-order valence-electron chi connectivity index (χ2n) is 6.84. The molecule has 3 nitrogen and oxygen atoms in total. The van der Waals surface area contributed by atoms with Crippen molar-refractivity contribution < 1.29 is 0 Å². The first-order chi connectivity index (χ1) is 10.0. The van der Waals surface area contributed by atoms with Crippen LogP contribution in [0.5, 0.6) is 0 Å². The number of piperidine rings is 1. The van der Waals surface area contributed by atoms with Crippen molar-refractivity contribution >= 4 is 0 Å². The summed E-state index contributed by atoms with van der Waals surface area (Å²) in [5.74, 6) is 0.842. The molecular weight excluding hydrogens is 258 g/mol. The average Bonchev–Trinajstić information content (AvgIpc) is 2.45. The zero-order chi connectivity index (χ0) is 15.4. The molecule has 1 aromatic carbocycles. The molecule has 1 fully saturated rings. The second kappa shape index (κ2) is 7.39. The quantitative estimate of drug-likeness (QED) is 0.904. The first-order valence-electron chi connectivity index (χ1n) is 8.17. The van der Waals surface area contributed by atoms with Gasteiger partial charge < -0.3 is 10.6 Å². The standard InChI is InChI=1S/C18H31N3/c1-14-5-6-17(11-15(14)2)18(12-19)21-9-7-16(8-10-21)13-20(3)4/h5-6,11,16,18H,7-10,12-13,19H2,1-4H3. The molecule has 118 valence electrons. The van der Waals surface area contributed by atoms with Gasteiger partial charge in [0.15, 0.2) is 0 Å². The summed E-state index contributed by atoms with van der Waals surface area (Å²) in [7, 11) is 4.34. The van der Waals surface area contributed by atoms with Gasteiger partial charge in [-0.25, -0.2) is 0 Å². The lowest BCUT2D eigenvalue weighted by molar-refractivity contribution is 0.122. The maximum Gasteiger partial charge on any atom is 0.0470 e. The summed E-state index contributed by atoms with van der Waals surface area (Å²) in [6.07, 6.45) is 2.58. The predicted octanol–water partition coefficient (Wildman–Crippen LogP) is 2.58. The van der Waals surface area contributed by atoms with E-state index in [2.05, 4.69) is 55.9 Å². The zero-order valence-corrected chi connectivity index (χ0v) is 14.1. The van der Waals surface area contributed by atoms with Crippen LogP contribution in [0, 0.1) is 19.8 Å². The van der Waals surface area contributed by atoms with Gasteiger partial charge in [-0.05, 0) is 76.5 Å². The molecule has 1 heterocycles. The van der Waals surface area contributed by atoms with Crippen molar-refractivity contribution in [2.24, 2.45) is 11.7 Å². The van der Waals surface area contributed by atoms with Gasteiger partial charge in [0.2, 0.25) is 0 Å². The monoisotopic (exact) mass is 289 g/mol. The van der Waals surface area contributed by atoms with Crippen LogP contribution < -0.4 is 5.73 Å². The van der Waals surface area contributed by atoms with Gasteiger partial charge in [-0.2, -0.15) is 0 Å². The van der Waals surface area contributed by atoms with E-state index in [-0.39, 0.29) is 0 Å². The molecule has 3 heteroatoms. The third-order valence-electron chi connectivity index (χ3n) is 4.85. The Labute approximate surface area is 130 Å². The molecule has 0 aliphatic carbocycles. The number of nitrogens with zero attached hydrogens (tertiary/aromatic N) is 2. The fourth-order valence-corrected chi connectivity index (χ4v) is 3.43. The third kappa shape index (κ3) is 4.29. The lowest BCUT2D eigenvalue weighted by atomic mass is 9.93. The van der Waals surface area contributed by atoms with Crippen LogP contribution in [0.4, 0.5) is 0 Å². The fraction of sp³-hybridized carbons (Fsp3) is 0.667. The summed E-state index contributed by atoms with van der Waals surface area (Å²) in [5, 5.41) is 0. The summed E-state index contributed by atoms with van der Waals surface area (Å²) >= 11 is 0. The van der Waals surface area contributed by atoms with E-state index < -0.39 is 0 Å². The summed E-state index contributed by atoms with van der Waals surface area (Å²) in [6.45, 7) is 8.63. The Morgan fingerprint density at radius 3 is 2.38 bits per heavy atom. The van der Waals surface area contributed by atoms with E-state index in [1.165, 1.54) is 49.2 Å². The summed E-state index contributed by atoms with van der Waals surface area (Å²) < 4.78 is 0. The molecule has 1 unspecified atom stereocenters. The SMILES string of the molecule is Cc1ccc(C(CN)N2CCC(CN(C)C)CC2)cc1C. The first kappa shape index (κ1) is 16.5. The number of benzene rings is 1. The molecule has 1 saturated heterocycles. The van der Waals surface area contributed by atoms with Crippen molar-refractivity contribution in [3.63, 3.8) is 0 Å². The predicted molar refractivity (Wildman–Crippen MR) is 90.6 cm³/mol. The molecule has 21 heavy (non-hydrogen) atoms. The van der Waals surface area contributed by atoms with Gasteiger partial charge in [0.1, 0.15) is 0 Å². The van der Waals surface area contributed by atoms with Crippen LogP contribution in [0.25, 0.3) is 0 Å². The van der Waals surface area contributed by atoms with Gasteiger partial charge in [0, 0.05) is 19.1 Å². The van der Waals surface area contributed by atoms with Crippen LogP contribution in [-0.4, -0.2) is 50.1 Å². The van der Waals surface area contributed by atoms with E-state index in [9.17, 15) is 0 Å². The molecule has 1 atom stereocenters. The van der Waals surface area contributed by atoms with Gasteiger partial charge in [0.05, 0.1) is 0 Å². The van der Waals surface area contributed by atoms with E-state index in [0.29, 0.717) is 12.6 Å². The van der Waals surface area contributed by atoms with Gasteiger partial charge >= 0.3 is 0 Å². The normalized spacial score (nSPS) is 19.1. The maximum absolute atomic E-state index is 6.09. The Hall–Kier alpha value is -0.900. The molecule has 0 spiro atoms. The van der Waals surface area contributed by atoms with E-state index in [1.807, 2.05) is 0 Å². The van der Waals surface area contributed by atoms with Gasteiger partial charge in [-0.15, -0.1) is 0 Å². The highest BCUT2D eigenvalue weighted by Gasteiger charge is 2.25. The van der Waals surface area contributed by atoms with Crippen LogP contribution in [-0.2, 0) is 0 Å². The van der Waals surface area contributed by atoms with Crippen LogP contribution in [0.2, 0.25) is 0 Å². The average molecular weight is 289 g/mol. The van der Waals surface area contributed by atoms with E-state index in [4.69, 9.17) is 5.73 Å². The largest absolute Gasteiger partial charge is 0.329 e. The molecule has 2 N–H and O–H groups in total. The van der Waals surface area contributed by atoms with Crippen LogP contribution in [0.1, 0.15) is 35.6 Å². The first-order valence-corrected chi connectivity index (χ1v) is 8.17. The van der Waals surface area contributed by atoms with Crippen LogP contribution in [0.3, 0.4) is 0 Å². The van der Waals surface area contributed by atoms with Gasteiger partial charge in [0.25, 0.3) is 0 Å². The number of aryl methyl sites for hydroxylation is 2. The Morgan fingerprint density at radius 2 is 1.86 bits per heavy atom. The van der Waals surface area contributed by atoms with Crippen molar-refractivity contribution in [2.75, 3.05) is 40.3 Å². The molecule has 1 aliphatic heterocycles. The second-order valence-corrected chi connectivity index (χ2v) is 6.84. The summed E-state index contributed by atoms with van der Waals surface area (Å²) in [4.78, 5) is 4.89. The number of hydrogen-bond acceptors (Lipinski definition) is 3. The molecule has 0 aromatic heterocycles. The Bertz CT molecular complexity index is 448. The van der Waals surface area contributed by atoms with E-state index in [1.54, 1.807) is 0 Å². The van der Waals surface area contributed by atoms with Crippen molar-refractivity contribution in [3.8, 4) is 0 Å². The third-order valence-corrected chi connectivity index (χ3v) is 4.85. The maximum atomic E-state index is 6.09. The van der Waals surface area contributed by atoms with Crippen molar-refractivity contribution in [1.82, 2.24) is 9.80 Å². The highest BCUT2D eigenvalue weighted by atomic mass is 15.2. The molecule has 0 saturated carbocycles. The zero-order valence-electron chi connectivity index (χ0n) is 14.1. The molecule has 2 rings (SSSR count). The summed E-state index contributed by atoms with van der Waals surface area (Å²) in [6, 6.07) is 7.18. The van der Waals surface area contributed by atoms with E-state index >= 15 is 0 Å². The Kier molecular flexibility index (Phi) is 5.80. The van der Waals surface area contributed by atoms with Crippen LogP contribution >= 0.6 is 0 Å². The topological polar surface area (TPSA) is 32.5 Å². The summed E-state index contributed by atoms with van der Waals surface area (Å²) in [5.41, 5.74) is 10.2. The highest BCUT2D eigenvalue weighted by Crippen LogP contribution is 2.27. The van der Waals surface area contributed by atoms with Crippen LogP contribution in [0.15, 0.2) is 18.2 Å². The highest BCUT2D eigenvalue weighted by molar-refractivity contribution is 5.32. The Morgan fingerprint density at radius 1 is 1.19 bits per heavy atom. The van der Waals surface area contributed by atoms with E-state index in [0.717, 1.165) is 5.92 Å². The lowest BCUT2D eigenvalue weighted by Gasteiger charge is -2.38.